The van der Waals surface area contributed by atoms with Crippen LogP contribution in [0.2, 0.25) is 0 Å². The fourth-order valence-electron chi connectivity index (χ4n) is 3.02. The van der Waals surface area contributed by atoms with E-state index in [1.165, 1.54) is 11.8 Å². The van der Waals surface area contributed by atoms with E-state index in [4.69, 9.17) is 9.26 Å². The number of ether oxygens (including phenoxy) is 1. The zero-order chi connectivity index (χ0) is 22.2. The van der Waals surface area contributed by atoms with Gasteiger partial charge in [0, 0.05) is 23.5 Å². The van der Waals surface area contributed by atoms with Gasteiger partial charge in [-0.05, 0) is 38.5 Å². The summed E-state index contributed by atoms with van der Waals surface area (Å²) in [6.45, 7) is 5.92. The first-order valence-corrected chi connectivity index (χ1v) is 11.1. The summed E-state index contributed by atoms with van der Waals surface area (Å²) in [6, 6.07) is 18.8. The van der Waals surface area contributed by atoms with Crippen molar-refractivity contribution in [2.24, 2.45) is 0 Å². The third kappa shape index (κ3) is 6.46. The molecule has 0 atom stereocenters. The van der Waals surface area contributed by atoms with E-state index >= 15 is 0 Å². The van der Waals surface area contributed by atoms with Gasteiger partial charge >= 0.3 is 5.97 Å². The van der Waals surface area contributed by atoms with Gasteiger partial charge in [-0.15, -0.1) is 11.8 Å². The third-order valence-corrected chi connectivity index (χ3v) is 5.72. The summed E-state index contributed by atoms with van der Waals surface area (Å²) in [5, 5.41) is 3.87. The lowest BCUT2D eigenvalue weighted by atomic mass is 10.2. The second-order valence-electron chi connectivity index (χ2n) is 7.40. The number of carbonyl (C=O) groups is 2. The number of hydrogen-bond donors (Lipinski definition) is 0. The third-order valence-electron chi connectivity index (χ3n) is 4.62. The van der Waals surface area contributed by atoms with Gasteiger partial charge in [-0.2, -0.15) is 0 Å². The molecule has 2 aromatic carbocycles. The molecule has 0 N–H and O–H groups in total. The summed E-state index contributed by atoms with van der Waals surface area (Å²) in [5.41, 5.74) is 2.27. The van der Waals surface area contributed by atoms with Crippen LogP contribution < -0.4 is 0 Å². The van der Waals surface area contributed by atoms with Gasteiger partial charge in [-0.3, -0.25) is 4.79 Å². The van der Waals surface area contributed by atoms with Crippen molar-refractivity contribution in [1.82, 2.24) is 10.1 Å². The Labute approximate surface area is 186 Å². The monoisotopic (exact) mass is 438 g/mol. The summed E-state index contributed by atoms with van der Waals surface area (Å²) in [6.07, 6.45) is 0. The van der Waals surface area contributed by atoms with Gasteiger partial charge in [-0.1, -0.05) is 47.6 Å². The minimum Gasteiger partial charge on any atom is -0.452 e. The number of esters is 1. The molecular weight excluding hydrogens is 412 g/mol. The number of carbonyl (C=O) groups excluding carboxylic acids is 2. The fraction of sp³-hybridized carbons (Fsp3) is 0.292. The molecule has 0 saturated carbocycles. The van der Waals surface area contributed by atoms with E-state index in [9.17, 15) is 9.59 Å². The molecule has 1 amide bonds. The lowest BCUT2D eigenvalue weighted by Gasteiger charge is -2.26. The molecule has 1 aromatic heterocycles. The normalized spacial score (nSPS) is 10.8. The Morgan fingerprint density at radius 1 is 1.10 bits per heavy atom. The van der Waals surface area contributed by atoms with E-state index in [0.29, 0.717) is 17.9 Å². The lowest BCUT2D eigenvalue weighted by Crippen LogP contribution is -2.39. The van der Waals surface area contributed by atoms with Crippen LogP contribution in [0.5, 0.6) is 0 Å². The number of nitrogens with zero attached hydrogens (tertiary/aromatic N) is 2. The van der Waals surface area contributed by atoms with Crippen molar-refractivity contribution in [2.75, 3.05) is 6.61 Å². The predicted octanol–water partition coefficient (Wildman–Crippen LogP) is 4.87. The Hall–Kier alpha value is -3.06. The van der Waals surface area contributed by atoms with Crippen molar-refractivity contribution >= 4 is 23.6 Å². The standard InChI is InChI=1S/C24H26N2O4S/c1-17(2)26(14-19-9-5-4-6-10-19)23(27)15-29-24(28)21-11-7-8-12-22(21)31-16-20-13-18(3)25-30-20/h4-13,17H,14-16H2,1-3H3. The Bertz CT molecular complexity index is 1020. The van der Waals surface area contributed by atoms with Gasteiger partial charge in [-0.25, -0.2) is 4.79 Å². The highest BCUT2D eigenvalue weighted by atomic mass is 32.2. The van der Waals surface area contributed by atoms with Crippen molar-refractivity contribution in [1.29, 1.82) is 0 Å². The molecule has 7 heteroatoms. The molecule has 31 heavy (non-hydrogen) atoms. The van der Waals surface area contributed by atoms with E-state index in [1.54, 1.807) is 17.0 Å². The highest BCUT2D eigenvalue weighted by Gasteiger charge is 2.21. The van der Waals surface area contributed by atoms with Gasteiger partial charge < -0.3 is 14.2 Å². The molecule has 0 aliphatic carbocycles. The van der Waals surface area contributed by atoms with Crippen LogP contribution in [0.1, 0.15) is 41.2 Å². The second kappa shape index (κ2) is 10.8. The molecule has 3 aromatic rings. The predicted molar refractivity (Wildman–Crippen MR) is 120 cm³/mol. The van der Waals surface area contributed by atoms with Gasteiger partial charge in [0.2, 0.25) is 0 Å². The first kappa shape index (κ1) is 22.6. The highest BCUT2D eigenvalue weighted by molar-refractivity contribution is 7.98. The number of amides is 1. The first-order valence-electron chi connectivity index (χ1n) is 10.1. The Morgan fingerprint density at radius 2 is 1.81 bits per heavy atom. The van der Waals surface area contributed by atoms with Crippen molar-refractivity contribution in [3.8, 4) is 0 Å². The van der Waals surface area contributed by atoms with Crippen LogP contribution in [0.15, 0.2) is 70.1 Å². The van der Waals surface area contributed by atoms with E-state index in [1.807, 2.05) is 69.3 Å². The van der Waals surface area contributed by atoms with Crippen LogP contribution in [0, 0.1) is 6.92 Å². The summed E-state index contributed by atoms with van der Waals surface area (Å²) in [7, 11) is 0. The largest absolute Gasteiger partial charge is 0.452 e. The highest BCUT2D eigenvalue weighted by Crippen LogP contribution is 2.27. The Morgan fingerprint density at radius 3 is 2.48 bits per heavy atom. The first-order chi connectivity index (χ1) is 14.9. The number of hydrogen-bond acceptors (Lipinski definition) is 6. The minimum atomic E-state index is -0.520. The SMILES string of the molecule is Cc1cc(CSc2ccccc2C(=O)OCC(=O)N(Cc2ccccc2)C(C)C)on1. The lowest BCUT2D eigenvalue weighted by molar-refractivity contribution is -0.136. The van der Waals surface area contributed by atoms with Crippen molar-refractivity contribution in [2.45, 2.75) is 44.0 Å². The number of rotatable bonds is 9. The number of aromatic nitrogens is 1. The van der Waals surface area contributed by atoms with Crippen molar-refractivity contribution in [3.05, 3.63) is 83.2 Å². The molecule has 3 rings (SSSR count). The Kier molecular flexibility index (Phi) is 7.89. The molecule has 1 heterocycles. The molecule has 0 bridgehead atoms. The summed E-state index contributed by atoms with van der Waals surface area (Å²) < 4.78 is 10.6. The molecule has 0 aliphatic heterocycles. The fourth-order valence-corrected chi connectivity index (χ4v) is 3.94. The molecule has 0 aliphatic rings. The maximum atomic E-state index is 12.7. The minimum absolute atomic E-state index is 0.0142. The zero-order valence-corrected chi connectivity index (χ0v) is 18.7. The van der Waals surface area contributed by atoms with Gasteiger partial charge in [0.05, 0.1) is 17.0 Å². The summed E-state index contributed by atoms with van der Waals surface area (Å²) >= 11 is 1.46. The smallest absolute Gasteiger partial charge is 0.339 e. The van der Waals surface area contributed by atoms with Crippen LogP contribution in [0.3, 0.4) is 0 Å². The van der Waals surface area contributed by atoms with E-state index in [-0.39, 0.29) is 18.6 Å². The van der Waals surface area contributed by atoms with Crippen LogP contribution in [-0.2, 0) is 21.8 Å². The maximum Gasteiger partial charge on any atom is 0.339 e. The molecule has 0 spiro atoms. The van der Waals surface area contributed by atoms with Gasteiger partial charge in [0.1, 0.15) is 5.76 Å². The maximum absolute atomic E-state index is 12.7. The second-order valence-corrected chi connectivity index (χ2v) is 8.41. The van der Waals surface area contributed by atoms with Crippen LogP contribution >= 0.6 is 11.8 Å². The van der Waals surface area contributed by atoms with Crippen LogP contribution in [-0.4, -0.2) is 34.6 Å². The van der Waals surface area contributed by atoms with E-state index < -0.39 is 5.97 Å². The van der Waals surface area contributed by atoms with Crippen molar-refractivity contribution < 1.29 is 18.8 Å². The van der Waals surface area contributed by atoms with Gasteiger partial charge in [0.15, 0.2) is 6.61 Å². The molecule has 0 unspecified atom stereocenters. The van der Waals surface area contributed by atoms with E-state index in [2.05, 4.69) is 5.16 Å². The van der Waals surface area contributed by atoms with Crippen LogP contribution in [0.25, 0.3) is 0 Å². The average molecular weight is 439 g/mol. The number of benzene rings is 2. The quantitative estimate of drug-likeness (QED) is 0.351. The van der Waals surface area contributed by atoms with E-state index in [0.717, 1.165) is 21.9 Å². The molecule has 162 valence electrons. The van der Waals surface area contributed by atoms with Crippen LogP contribution in [0.4, 0.5) is 0 Å². The molecule has 0 radical (unpaired) electrons. The summed E-state index contributed by atoms with van der Waals surface area (Å²) in [5.74, 6) is 0.528. The average Bonchev–Trinajstić information content (AvgIpc) is 3.20. The topological polar surface area (TPSA) is 72.6 Å². The van der Waals surface area contributed by atoms with Crippen molar-refractivity contribution in [3.63, 3.8) is 0 Å². The number of thioether (sulfide) groups is 1. The molecule has 0 saturated heterocycles. The summed E-state index contributed by atoms with van der Waals surface area (Å²) in [4.78, 5) is 27.9. The molecule has 0 fully saturated rings. The van der Waals surface area contributed by atoms with Gasteiger partial charge in [0.25, 0.3) is 5.91 Å². The zero-order valence-electron chi connectivity index (χ0n) is 17.9. The molecular formula is C24H26N2O4S. The number of aryl methyl sites for hydroxylation is 1. The molecule has 6 nitrogen and oxygen atoms in total. The Balaban J connectivity index is 1.61.